The van der Waals surface area contributed by atoms with Crippen molar-refractivity contribution >= 4 is 17.5 Å². The molecule has 0 bridgehead atoms. The predicted octanol–water partition coefficient (Wildman–Crippen LogP) is 1.68. The maximum atomic E-state index is 12.7. The molecule has 0 unspecified atom stereocenters. The van der Waals surface area contributed by atoms with Gasteiger partial charge in [0.2, 0.25) is 5.95 Å². The number of anilines is 2. The molecule has 1 aliphatic heterocycles. The smallest absolute Gasteiger partial charge is 0.277 e. The lowest BCUT2D eigenvalue weighted by Crippen LogP contribution is -2.45. The normalized spacial score (nSPS) is 14.8. The highest BCUT2D eigenvalue weighted by Crippen LogP contribution is 2.21. The summed E-state index contributed by atoms with van der Waals surface area (Å²) >= 11 is 0. The van der Waals surface area contributed by atoms with Gasteiger partial charge >= 0.3 is 0 Å². The van der Waals surface area contributed by atoms with Crippen LogP contribution < -0.4 is 10.2 Å². The van der Waals surface area contributed by atoms with Gasteiger partial charge in [-0.3, -0.25) is 4.79 Å². The van der Waals surface area contributed by atoms with Crippen LogP contribution in [0.3, 0.4) is 0 Å². The van der Waals surface area contributed by atoms with Gasteiger partial charge in [-0.05, 0) is 33.0 Å². The Balaban J connectivity index is 1.50. The van der Waals surface area contributed by atoms with Gasteiger partial charge in [0.1, 0.15) is 0 Å². The molecule has 0 saturated carbocycles. The average molecular weight is 392 g/mol. The van der Waals surface area contributed by atoms with Crippen LogP contribution in [0.4, 0.5) is 11.6 Å². The van der Waals surface area contributed by atoms with Crippen molar-refractivity contribution in [3.05, 3.63) is 53.6 Å². The number of para-hydroxylation sites is 1. The van der Waals surface area contributed by atoms with Crippen molar-refractivity contribution in [2.75, 3.05) is 43.4 Å². The largest absolute Gasteiger partial charge is 0.338 e. The number of nitrogens with zero attached hydrogens (tertiary/aromatic N) is 7. The van der Waals surface area contributed by atoms with E-state index in [9.17, 15) is 4.79 Å². The molecular formula is C20H24N8O. The van der Waals surface area contributed by atoms with Gasteiger partial charge < -0.3 is 15.1 Å². The number of amides is 1. The molecule has 9 heteroatoms. The van der Waals surface area contributed by atoms with E-state index in [2.05, 4.69) is 42.3 Å². The molecule has 3 heterocycles. The number of hydrogen-bond acceptors (Lipinski definition) is 7. The number of piperazine rings is 1. The third kappa shape index (κ3) is 4.09. The second-order valence-electron chi connectivity index (χ2n) is 7.17. The Bertz CT molecular complexity index is 985. The fourth-order valence-electron chi connectivity index (χ4n) is 3.26. The second kappa shape index (κ2) is 7.96. The second-order valence-corrected chi connectivity index (χ2v) is 7.17. The van der Waals surface area contributed by atoms with Crippen molar-refractivity contribution in [2.45, 2.75) is 13.8 Å². The Morgan fingerprint density at radius 3 is 2.31 bits per heavy atom. The first-order valence-corrected chi connectivity index (χ1v) is 9.59. The van der Waals surface area contributed by atoms with E-state index in [1.54, 1.807) is 0 Å². The number of hydrogen-bond donors (Lipinski definition) is 1. The van der Waals surface area contributed by atoms with E-state index >= 15 is 0 Å². The van der Waals surface area contributed by atoms with Crippen molar-refractivity contribution in [2.24, 2.45) is 0 Å². The highest BCUT2D eigenvalue weighted by atomic mass is 16.2. The molecule has 150 valence electrons. The van der Waals surface area contributed by atoms with E-state index in [0.29, 0.717) is 11.6 Å². The number of carbonyl (C=O) groups excluding carboxylic acids is 1. The van der Waals surface area contributed by atoms with E-state index in [4.69, 9.17) is 0 Å². The van der Waals surface area contributed by atoms with E-state index < -0.39 is 0 Å². The lowest BCUT2D eigenvalue weighted by Gasteiger charge is -2.32. The molecule has 1 aromatic carbocycles. The summed E-state index contributed by atoms with van der Waals surface area (Å²) in [5, 5.41) is 11.3. The van der Waals surface area contributed by atoms with Crippen LogP contribution in [-0.4, -0.2) is 69.0 Å². The monoisotopic (exact) mass is 392 g/mol. The van der Waals surface area contributed by atoms with Gasteiger partial charge in [-0.2, -0.15) is 9.90 Å². The number of aryl methyl sites for hydroxylation is 2. The summed E-state index contributed by atoms with van der Waals surface area (Å²) in [7, 11) is 2.11. The minimum atomic E-state index is -0.339. The van der Waals surface area contributed by atoms with Crippen LogP contribution in [0.1, 0.15) is 21.9 Å². The zero-order valence-corrected chi connectivity index (χ0v) is 16.8. The van der Waals surface area contributed by atoms with Gasteiger partial charge in [0.05, 0.1) is 29.0 Å². The van der Waals surface area contributed by atoms with E-state index in [1.807, 2.05) is 44.2 Å². The van der Waals surface area contributed by atoms with Crippen LogP contribution in [-0.2, 0) is 0 Å². The van der Waals surface area contributed by atoms with Crippen LogP contribution in [0, 0.1) is 13.8 Å². The Morgan fingerprint density at radius 1 is 1.00 bits per heavy atom. The van der Waals surface area contributed by atoms with E-state index in [-0.39, 0.29) is 11.6 Å². The summed E-state index contributed by atoms with van der Waals surface area (Å²) < 4.78 is 0. The molecule has 1 amide bonds. The summed E-state index contributed by atoms with van der Waals surface area (Å²) in [6, 6.07) is 9.45. The fraction of sp³-hybridized carbons (Fsp3) is 0.350. The fourth-order valence-corrected chi connectivity index (χ4v) is 3.26. The highest BCUT2D eigenvalue weighted by molar-refractivity contribution is 6.03. The first-order valence-electron chi connectivity index (χ1n) is 9.59. The summed E-state index contributed by atoms with van der Waals surface area (Å²) in [5.74, 6) is 0.371. The minimum Gasteiger partial charge on any atom is -0.338 e. The number of nitrogens with one attached hydrogen (secondary N) is 1. The van der Waals surface area contributed by atoms with Gasteiger partial charge in [0.25, 0.3) is 5.91 Å². The molecule has 1 N–H and O–H groups in total. The molecule has 0 spiro atoms. The predicted molar refractivity (Wildman–Crippen MR) is 111 cm³/mol. The highest BCUT2D eigenvalue weighted by Gasteiger charge is 2.20. The topological polar surface area (TPSA) is 92.1 Å². The van der Waals surface area contributed by atoms with Crippen molar-refractivity contribution < 1.29 is 4.79 Å². The first kappa shape index (κ1) is 19.0. The molecular weight excluding hydrogens is 368 g/mol. The molecule has 4 rings (SSSR count). The molecule has 9 nitrogen and oxygen atoms in total. The Hall–Kier alpha value is -3.33. The molecule has 3 aromatic rings. The summed E-state index contributed by atoms with van der Waals surface area (Å²) in [4.78, 5) is 27.8. The zero-order valence-electron chi connectivity index (χ0n) is 16.8. The van der Waals surface area contributed by atoms with Crippen LogP contribution in [0.2, 0.25) is 0 Å². The number of rotatable bonds is 4. The summed E-state index contributed by atoms with van der Waals surface area (Å²) in [6.45, 7) is 7.51. The van der Waals surface area contributed by atoms with E-state index in [0.717, 1.165) is 43.3 Å². The number of aromatic nitrogens is 5. The molecule has 2 aromatic heterocycles. The molecule has 0 aliphatic carbocycles. The van der Waals surface area contributed by atoms with Gasteiger partial charge in [-0.25, -0.2) is 9.97 Å². The third-order valence-electron chi connectivity index (χ3n) is 5.00. The van der Waals surface area contributed by atoms with Crippen LogP contribution >= 0.6 is 0 Å². The first-order chi connectivity index (χ1) is 14.0. The zero-order chi connectivity index (χ0) is 20.4. The van der Waals surface area contributed by atoms with Crippen LogP contribution in [0.15, 0.2) is 36.5 Å². The van der Waals surface area contributed by atoms with Crippen molar-refractivity contribution in [3.63, 3.8) is 0 Å². The Labute approximate surface area is 169 Å². The quantitative estimate of drug-likeness (QED) is 0.722. The molecule has 1 saturated heterocycles. The Morgan fingerprint density at radius 2 is 1.66 bits per heavy atom. The average Bonchev–Trinajstić information content (AvgIpc) is 3.22. The van der Waals surface area contributed by atoms with Crippen LogP contribution in [0.5, 0.6) is 0 Å². The van der Waals surface area contributed by atoms with Crippen molar-refractivity contribution in [1.29, 1.82) is 0 Å². The lowest BCUT2D eigenvalue weighted by molar-refractivity contribution is 0.102. The van der Waals surface area contributed by atoms with Gasteiger partial charge in [-0.1, -0.05) is 18.2 Å². The molecule has 1 aliphatic rings. The molecule has 0 atom stereocenters. The van der Waals surface area contributed by atoms with Crippen molar-refractivity contribution in [1.82, 2.24) is 29.9 Å². The molecule has 29 heavy (non-hydrogen) atoms. The third-order valence-corrected chi connectivity index (χ3v) is 5.00. The van der Waals surface area contributed by atoms with Gasteiger partial charge in [0, 0.05) is 26.2 Å². The maximum absolute atomic E-state index is 12.7. The Kier molecular flexibility index (Phi) is 5.22. The molecule has 0 radical (unpaired) electrons. The van der Waals surface area contributed by atoms with Crippen LogP contribution in [0.25, 0.3) is 5.69 Å². The SMILES string of the molecule is Cc1nc(N2CCN(C)CC2)nc(C)c1NC(=O)c1cnn(-c2ccccc2)n1. The standard InChI is InChI=1S/C20H24N8O/c1-14-18(15(2)23-20(22-14)27-11-9-26(3)10-12-27)24-19(29)17-13-21-28(25-17)16-7-5-4-6-8-16/h4-8,13H,9-12H2,1-3H3,(H,24,29). The summed E-state index contributed by atoms with van der Waals surface area (Å²) in [6.07, 6.45) is 1.45. The summed E-state index contributed by atoms with van der Waals surface area (Å²) in [5.41, 5.74) is 3.10. The lowest BCUT2D eigenvalue weighted by atomic mass is 10.2. The van der Waals surface area contributed by atoms with Gasteiger partial charge in [-0.15, -0.1) is 5.10 Å². The van der Waals surface area contributed by atoms with E-state index in [1.165, 1.54) is 11.0 Å². The number of carbonyl (C=O) groups is 1. The number of likely N-dealkylation sites (N-methyl/N-ethyl adjacent to an activating group) is 1. The van der Waals surface area contributed by atoms with Gasteiger partial charge in [0.15, 0.2) is 5.69 Å². The molecule has 1 fully saturated rings. The number of benzene rings is 1. The van der Waals surface area contributed by atoms with Crippen molar-refractivity contribution in [3.8, 4) is 5.69 Å². The maximum Gasteiger partial charge on any atom is 0.277 e. The minimum absolute atomic E-state index is 0.232.